The minimum atomic E-state index is -3.94. The summed E-state index contributed by atoms with van der Waals surface area (Å²) in [5.74, 6) is -1.09. The van der Waals surface area contributed by atoms with Crippen LogP contribution in [0.2, 0.25) is 0 Å². The van der Waals surface area contributed by atoms with Crippen LogP contribution in [0.15, 0.2) is 65.6 Å². The number of hydrogen-bond acceptors (Lipinski definition) is 6. The van der Waals surface area contributed by atoms with E-state index in [1.165, 1.54) is 49.6 Å². The van der Waals surface area contributed by atoms with Crippen LogP contribution in [0.3, 0.4) is 0 Å². The van der Waals surface area contributed by atoms with Crippen LogP contribution in [0.5, 0.6) is 11.5 Å². The van der Waals surface area contributed by atoms with Crippen molar-refractivity contribution in [1.29, 1.82) is 0 Å². The van der Waals surface area contributed by atoms with E-state index in [0.717, 1.165) is 11.6 Å². The SMILES string of the molecule is COC(=O)c1cc(Oc2ccc(N)c(F)c2)ccc1NS(=O)(=O)c1ccc(C)cc1. The van der Waals surface area contributed by atoms with Crippen molar-refractivity contribution in [2.75, 3.05) is 17.6 Å². The Bertz CT molecular complexity index is 1190. The number of methoxy groups -OCH3 is 1. The Morgan fingerprint density at radius 2 is 1.63 bits per heavy atom. The van der Waals surface area contributed by atoms with E-state index in [4.69, 9.17) is 15.2 Å². The van der Waals surface area contributed by atoms with Gasteiger partial charge in [-0.05, 0) is 49.4 Å². The minimum Gasteiger partial charge on any atom is -0.465 e. The summed E-state index contributed by atoms with van der Waals surface area (Å²) in [5, 5.41) is 0. The highest BCUT2D eigenvalue weighted by Crippen LogP contribution is 2.29. The molecule has 0 saturated carbocycles. The first-order chi connectivity index (χ1) is 14.2. The van der Waals surface area contributed by atoms with Crippen molar-refractivity contribution >= 4 is 27.4 Å². The number of nitrogens with two attached hydrogens (primary N) is 1. The van der Waals surface area contributed by atoms with Crippen LogP contribution in [0.1, 0.15) is 15.9 Å². The molecule has 0 aromatic heterocycles. The molecular formula is C21H19FN2O5S. The number of aryl methyl sites for hydroxylation is 1. The second-order valence-corrected chi connectivity index (χ2v) is 8.09. The number of carbonyl (C=O) groups excluding carboxylic acids is 1. The summed E-state index contributed by atoms with van der Waals surface area (Å²) in [7, 11) is -2.77. The van der Waals surface area contributed by atoms with Crippen molar-refractivity contribution in [3.63, 3.8) is 0 Å². The molecule has 7 nitrogen and oxygen atoms in total. The van der Waals surface area contributed by atoms with Crippen LogP contribution in [0.25, 0.3) is 0 Å². The second kappa shape index (κ2) is 8.42. The smallest absolute Gasteiger partial charge is 0.340 e. The van der Waals surface area contributed by atoms with E-state index < -0.39 is 21.8 Å². The predicted octanol–water partition coefficient (Wildman–Crippen LogP) is 4.10. The van der Waals surface area contributed by atoms with E-state index in [9.17, 15) is 17.6 Å². The molecule has 3 N–H and O–H groups in total. The molecule has 9 heteroatoms. The molecule has 3 aromatic rings. The van der Waals surface area contributed by atoms with Gasteiger partial charge in [-0.1, -0.05) is 17.7 Å². The fourth-order valence-electron chi connectivity index (χ4n) is 2.58. The van der Waals surface area contributed by atoms with Gasteiger partial charge in [0.1, 0.15) is 17.3 Å². The molecule has 0 saturated heterocycles. The number of nitrogens with one attached hydrogen (secondary N) is 1. The van der Waals surface area contributed by atoms with E-state index in [1.54, 1.807) is 12.1 Å². The third-order valence-corrected chi connectivity index (χ3v) is 5.56. The van der Waals surface area contributed by atoms with Crippen molar-refractivity contribution < 1.29 is 27.1 Å². The van der Waals surface area contributed by atoms with Gasteiger partial charge < -0.3 is 15.2 Å². The number of hydrogen-bond donors (Lipinski definition) is 2. The molecule has 0 bridgehead atoms. The van der Waals surface area contributed by atoms with E-state index >= 15 is 0 Å². The Hall–Kier alpha value is -3.59. The summed E-state index contributed by atoms with van der Waals surface area (Å²) in [6.45, 7) is 1.84. The van der Waals surface area contributed by atoms with Crippen LogP contribution in [-0.4, -0.2) is 21.5 Å². The predicted molar refractivity (Wildman–Crippen MR) is 111 cm³/mol. The maximum atomic E-state index is 13.6. The highest BCUT2D eigenvalue weighted by Gasteiger charge is 2.20. The summed E-state index contributed by atoms with van der Waals surface area (Å²) >= 11 is 0. The summed E-state index contributed by atoms with van der Waals surface area (Å²) in [6.07, 6.45) is 0. The first-order valence-corrected chi connectivity index (χ1v) is 10.2. The van der Waals surface area contributed by atoms with E-state index in [1.807, 2.05) is 6.92 Å². The molecule has 3 rings (SSSR count). The molecular weight excluding hydrogens is 411 g/mol. The van der Waals surface area contributed by atoms with Crippen LogP contribution >= 0.6 is 0 Å². The molecule has 0 unspecified atom stereocenters. The minimum absolute atomic E-state index is 0.0123. The van der Waals surface area contributed by atoms with Crippen molar-refractivity contribution in [3.8, 4) is 11.5 Å². The lowest BCUT2D eigenvalue weighted by atomic mass is 10.1. The Morgan fingerprint density at radius 3 is 2.27 bits per heavy atom. The average molecular weight is 430 g/mol. The zero-order chi connectivity index (χ0) is 21.9. The summed E-state index contributed by atoms with van der Waals surface area (Å²) in [4.78, 5) is 12.3. The summed E-state index contributed by atoms with van der Waals surface area (Å²) in [5.41, 5.74) is 6.26. The fraction of sp³-hybridized carbons (Fsp3) is 0.0952. The van der Waals surface area contributed by atoms with Gasteiger partial charge in [-0.15, -0.1) is 0 Å². The summed E-state index contributed by atoms with van der Waals surface area (Å²) in [6, 6.07) is 14.3. The third kappa shape index (κ3) is 4.69. The number of rotatable bonds is 6. The van der Waals surface area contributed by atoms with Crippen molar-refractivity contribution in [2.24, 2.45) is 0 Å². The molecule has 3 aromatic carbocycles. The fourth-order valence-corrected chi connectivity index (χ4v) is 3.66. The van der Waals surface area contributed by atoms with Crippen LogP contribution in [0, 0.1) is 12.7 Å². The number of carbonyl (C=O) groups is 1. The summed E-state index contributed by atoms with van der Waals surface area (Å²) < 4.78 is 51.7. The second-order valence-electron chi connectivity index (χ2n) is 6.40. The standard InChI is InChI=1S/C21H19FN2O5S/c1-13-3-7-16(8-4-13)30(26,27)24-20-10-6-14(11-17(20)21(25)28-2)29-15-5-9-19(23)18(22)12-15/h3-12,24H,23H2,1-2H3. The van der Waals surface area contributed by atoms with Gasteiger partial charge in [-0.2, -0.15) is 0 Å². The molecule has 0 amide bonds. The number of anilines is 2. The number of sulfonamides is 1. The van der Waals surface area contributed by atoms with Crippen molar-refractivity contribution in [3.05, 3.63) is 77.6 Å². The number of ether oxygens (including phenoxy) is 2. The highest BCUT2D eigenvalue weighted by atomic mass is 32.2. The lowest BCUT2D eigenvalue weighted by Crippen LogP contribution is -2.16. The lowest BCUT2D eigenvalue weighted by Gasteiger charge is -2.14. The quantitative estimate of drug-likeness (QED) is 0.450. The van der Waals surface area contributed by atoms with Crippen molar-refractivity contribution in [1.82, 2.24) is 0 Å². The van der Waals surface area contributed by atoms with Gasteiger partial charge in [0.25, 0.3) is 10.0 Å². The van der Waals surface area contributed by atoms with Gasteiger partial charge in [0.15, 0.2) is 0 Å². The van der Waals surface area contributed by atoms with Gasteiger partial charge in [0, 0.05) is 6.07 Å². The molecule has 0 heterocycles. The molecule has 0 fully saturated rings. The van der Waals surface area contributed by atoms with E-state index in [2.05, 4.69) is 4.72 Å². The molecule has 156 valence electrons. The Kier molecular flexibility index (Phi) is 5.93. The molecule has 0 radical (unpaired) electrons. The van der Waals surface area contributed by atoms with Crippen LogP contribution < -0.4 is 15.2 Å². The zero-order valence-corrected chi connectivity index (χ0v) is 17.0. The zero-order valence-electron chi connectivity index (χ0n) is 16.2. The molecule has 0 aliphatic carbocycles. The molecule has 0 aliphatic rings. The topological polar surface area (TPSA) is 108 Å². The van der Waals surface area contributed by atoms with Crippen LogP contribution in [0.4, 0.5) is 15.8 Å². The number of nitrogen functional groups attached to an aromatic ring is 1. The molecule has 0 atom stereocenters. The van der Waals surface area contributed by atoms with E-state index in [0.29, 0.717) is 0 Å². The van der Waals surface area contributed by atoms with Crippen LogP contribution in [-0.2, 0) is 14.8 Å². The Labute approximate surface area is 173 Å². The van der Waals surface area contributed by atoms with Gasteiger partial charge in [-0.3, -0.25) is 4.72 Å². The monoisotopic (exact) mass is 430 g/mol. The van der Waals surface area contributed by atoms with E-state index in [-0.39, 0.29) is 33.3 Å². The van der Waals surface area contributed by atoms with Gasteiger partial charge >= 0.3 is 5.97 Å². The van der Waals surface area contributed by atoms with Crippen molar-refractivity contribution in [2.45, 2.75) is 11.8 Å². The largest absolute Gasteiger partial charge is 0.465 e. The van der Waals surface area contributed by atoms with Gasteiger partial charge in [-0.25, -0.2) is 17.6 Å². The lowest BCUT2D eigenvalue weighted by molar-refractivity contribution is 0.0601. The first-order valence-electron chi connectivity index (χ1n) is 8.74. The normalized spacial score (nSPS) is 11.0. The van der Waals surface area contributed by atoms with Gasteiger partial charge in [0.05, 0.1) is 28.9 Å². The number of benzene rings is 3. The maximum absolute atomic E-state index is 13.6. The maximum Gasteiger partial charge on any atom is 0.340 e. The average Bonchev–Trinajstić information content (AvgIpc) is 2.71. The number of halogens is 1. The highest BCUT2D eigenvalue weighted by molar-refractivity contribution is 7.92. The van der Waals surface area contributed by atoms with Gasteiger partial charge in [0.2, 0.25) is 0 Å². The first kappa shape index (κ1) is 21.1. The third-order valence-electron chi connectivity index (χ3n) is 4.18. The molecule has 30 heavy (non-hydrogen) atoms. The Balaban J connectivity index is 1.93. The molecule has 0 aliphatic heterocycles. The Morgan fingerprint density at radius 1 is 1.00 bits per heavy atom. The number of esters is 1. The molecule has 0 spiro atoms.